The Morgan fingerprint density at radius 1 is 1.29 bits per heavy atom. The number of rotatable bonds is 1. The smallest absolute Gasteiger partial charge is 0.253 e. The first kappa shape index (κ1) is 14.3. The Morgan fingerprint density at radius 3 is 2.67 bits per heavy atom. The number of aliphatic hydroxyl groups is 3. The number of aliphatic hydroxyl groups excluding tert-OH is 2. The molecule has 7 nitrogen and oxygen atoms in total. The number of methoxy groups -OCH3 is 1. The fraction of sp³-hybridized carbons (Fsp3) is 1.00. The van der Waals surface area contributed by atoms with E-state index in [2.05, 4.69) is 5.32 Å². The molecule has 3 saturated heterocycles. The van der Waals surface area contributed by atoms with Gasteiger partial charge in [0.05, 0.1) is 29.8 Å². The highest BCUT2D eigenvalue weighted by Gasteiger charge is 2.81. The highest BCUT2D eigenvalue weighted by atomic mass is 16.7. The third-order valence-electron chi connectivity index (χ3n) is 6.87. The lowest BCUT2D eigenvalue weighted by molar-refractivity contribution is -0.322. The predicted octanol–water partition coefficient (Wildman–Crippen LogP) is -1.44. The van der Waals surface area contributed by atoms with Gasteiger partial charge >= 0.3 is 0 Å². The lowest BCUT2D eigenvalue weighted by Gasteiger charge is -2.62. The summed E-state index contributed by atoms with van der Waals surface area (Å²) in [5.74, 6) is -1.75. The predicted molar refractivity (Wildman–Crippen MR) is 70.2 cm³/mol. The molecular weight excluding hydrogens is 278 g/mol. The van der Waals surface area contributed by atoms with Gasteiger partial charge in [0.2, 0.25) is 0 Å². The first-order valence-electron chi connectivity index (χ1n) is 7.43. The Morgan fingerprint density at radius 2 is 2.00 bits per heavy atom. The van der Waals surface area contributed by atoms with Crippen molar-refractivity contribution in [2.45, 2.75) is 56.2 Å². The van der Waals surface area contributed by atoms with Crippen LogP contribution in [0, 0.1) is 10.8 Å². The van der Waals surface area contributed by atoms with Crippen molar-refractivity contribution in [1.29, 1.82) is 0 Å². The van der Waals surface area contributed by atoms with Crippen LogP contribution in [-0.4, -0.2) is 71.5 Å². The van der Waals surface area contributed by atoms with Crippen LogP contribution in [-0.2, 0) is 14.2 Å². The van der Waals surface area contributed by atoms with Gasteiger partial charge in [-0.3, -0.25) is 5.32 Å². The normalized spacial score (nSPS) is 65.4. The van der Waals surface area contributed by atoms with E-state index in [1.54, 1.807) is 7.11 Å². The molecule has 1 saturated carbocycles. The second kappa shape index (κ2) is 3.79. The average molecular weight is 301 g/mol. The van der Waals surface area contributed by atoms with Crippen LogP contribution in [0.3, 0.4) is 0 Å². The van der Waals surface area contributed by atoms with Crippen molar-refractivity contribution in [2.24, 2.45) is 10.8 Å². The summed E-state index contributed by atoms with van der Waals surface area (Å²) >= 11 is 0. The molecule has 120 valence electrons. The number of fused-ring (bicyclic) bond motifs is 3. The Bertz CT molecular complexity index is 490. The highest BCUT2D eigenvalue weighted by molar-refractivity contribution is 5.27. The van der Waals surface area contributed by atoms with Crippen LogP contribution < -0.4 is 5.32 Å². The molecular formula is C14H23NO6. The zero-order valence-corrected chi connectivity index (χ0v) is 12.5. The first-order valence-corrected chi connectivity index (χ1v) is 7.43. The van der Waals surface area contributed by atoms with Crippen molar-refractivity contribution < 1.29 is 29.5 Å². The Kier molecular flexibility index (Phi) is 2.58. The third-order valence-corrected chi connectivity index (χ3v) is 6.87. The second-order valence-corrected chi connectivity index (χ2v) is 7.27. The topological polar surface area (TPSA) is 100 Å². The molecule has 4 bridgehead atoms. The molecule has 1 spiro atoms. The molecule has 4 N–H and O–H groups in total. The van der Waals surface area contributed by atoms with Crippen molar-refractivity contribution in [3.05, 3.63) is 0 Å². The summed E-state index contributed by atoms with van der Waals surface area (Å²) in [6.07, 6.45) is -2.17. The second-order valence-electron chi connectivity index (χ2n) is 7.27. The summed E-state index contributed by atoms with van der Waals surface area (Å²) in [5.41, 5.74) is -2.14. The van der Waals surface area contributed by atoms with E-state index in [0.717, 1.165) is 0 Å². The number of hydrogen-bond acceptors (Lipinski definition) is 7. The minimum Gasteiger partial charge on any atom is -0.390 e. The molecule has 0 aromatic carbocycles. The maximum atomic E-state index is 10.8. The molecule has 0 unspecified atom stereocenters. The fourth-order valence-corrected chi connectivity index (χ4v) is 5.36. The van der Waals surface area contributed by atoms with Crippen molar-refractivity contribution in [3.8, 4) is 0 Å². The molecule has 0 radical (unpaired) electrons. The average Bonchev–Trinajstić information content (AvgIpc) is 2.69. The van der Waals surface area contributed by atoms with Crippen LogP contribution in [0.2, 0.25) is 0 Å². The van der Waals surface area contributed by atoms with Gasteiger partial charge in [-0.05, 0) is 13.3 Å². The molecule has 0 aromatic heterocycles. The molecule has 7 heteroatoms. The first-order chi connectivity index (χ1) is 9.75. The van der Waals surface area contributed by atoms with Gasteiger partial charge in [0.1, 0.15) is 12.2 Å². The maximum Gasteiger partial charge on any atom is 0.253 e. The largest absolute Gasteiger partial charge is 0.390 e. The van der Waals surface area contributed by atoms with Crippen molar-refractivity contribution in [3.63, 3.8) is 0 Å². The van der Waals surface area contributed by atoms with Gasteiger partial charge < -0.3 is 29.5 Å². The number of hydrogen-bond donors (Lipinski definition) is 4. The summed E-state index contributed by atoms with van der Waals surface area (Å²) in [7, 11) is 1.60. The molecule has 4 fully saturated rings. The van der Waals surface area contributed by atoms with Crippen LogP contribution >= 0.6 is 0 Å². The standard InChI is InChI=1S/C14H23NO6/c1-11-4-7(16)9(12(11,2)19-3)21-8-5-15-14(18)10(17)13(8,11)6-20-14/h7-10,15-18H,4-6H2,1-3H3/t7-,8-,9-,10+,11+,12+,13-,14+/m1/s1. The maximum absolute atomic E-state index is 10.8. The summed E-state index contributed by atoms with van der Waals surface area (Å²) in [6, 6.07) is 0. The van der Waals surface area contributed by atoms with Crippen LogP contribution in [0.15, 0.2) is 0 Å². The van der Waals surface area contributed by atoms with E-state index < -0.39 is 40.7 Å². The number of nitrogens with one attached hydrogen (secondary N) is 1. The molecule has 0 aromatic rings. The molecule has 4 aliphatic rings. The van der Waals surface area contributed by atoms with Gasteiger partial charge in [0.15, 0.2) is 0 Å². The van der Waals surface area contributed by atoms with Gasteiger partial charge in [-0.25, -0.2) is 0 Å². The van der Waals surface area contributed by atoms with E-state index in [1.165, 1.54) is 0 Å². The molecule has 4 rings (SSSR count). The molecule has 8 atom stereocenters. The SMILES string of the molecule is CO[C@@]1(C)[C@@H]2O[C@@H]3CN[C@@]4(O)OC[C@@]3([C@@H]4O)[C@@]1(C)C[C@H]2O. The van der Waals surface area contributed by atoms with E-state index >= 15 is 0 Å². The van der Waals surface area contributed by atoms with E-state index in [1.807, 2.05) is 13.8 Å². The van der Waals surface area contributed by atoms with Crippen molar-refractivity contribution in [1.82, 2.24) is 5.32 Å². The van der Waals surface area contributed by atoms with Gasteiger partial charge in [-0.2, -0.15) is 0 Å². The zero-order chi connectivity index (χ0) is 15.3. The molecule has 0 amide bonds. The Labute approximate surface area is 123 Å². The molecule has 21 heavy (non-hydrogen) atoms. The van der Waals surface area contributed by atoms with Gasteiger partial charge in [0, 0.05) is 19.1 Å². The summed E-state index contributed by atoms with van der Waals surface area (Å²) < 4.78 is 17.4. The quantitative estimate of drug-likeness (QED) is 0.470. The van der Waals surface area contributed by atoms with Crippen LogP contribution in [0.25, 0.3) is 0 Å². The van der Waals surface area contributed by atoms with Gasteiger partial charge in [-0.1, -0.05) is 6.92 Å². The van der Waals surface area contributed by atoms with Gasteiger partial charge in [0.25, 0.3) is 5.91 Å². The minimum atomic E-state index is -1.75. The molecule has 1 aliphatic carbocycles. The van der Waals surface area contributed by atoms with Crippen LogP contribution in [0.1, 0.15) is 20.3 Å². The molecule has 3 aliphatic heterocycles. The lowest BCUT2D eigenvalue weighted by Crippen LogP contribution is -2.77. The summed E-state index contributed by atoms with van der Waals surface area (Å²) in [5, 5.41) is 34.5. The Hall–Kier alpha value is -0.280. The van der Waals surface area contributed by atoms with Crippen molar-refractivity contribution >= 4 is 0 Å². The number of piperidine rings is 1. The number of ether oxygens (including phenoxy) is 3. The molecule has 3 heterocycles. The van der Waals surface area contributed by atoms with E-state index in [0.29, 0.717) is 13.0 Å². The summed E-state index contributed by atoms with van der Waals surface area (Å²) in [4.78, 5) is 0. The van der Waals surface area contributed by atoms with Crippen LogP contribution in [0.5, 0.6) is 0 Å². The fourth-order valence-electron chi connectivity index (χ4n) is 5.36. The Balaban J connectivity index is 1.91. The zero-order valence-electron chi connectivity index (χ0n) is 12.5. The van der Waals surface area contributed by atoms with E-state index in [-0.39, 0.29) is 12.7 Å². The van der Waals surface area contributed by atoms with E-state index in [4.69, 9.17) is 14.2 Å². The van der Waals surface area contributed by atoms with Gasteiger partial charge in [-0.15, -0.1) is 0 Å². The lowest BCUT2D eigenvalue weighted by atomic mass is 9.51. The van der Waals surface area contributed by atoms with E-state index in [9.17, 15) is 15.3 Å². The summed E-state index contributed by atoms with van der Waals surface area (Å²) in [6.45, 7) is 4.44. The highest BCUT2D eigenvalue weighted by Crippen LogP contribution is 2.69. The van der Waals surface area contributed by atoms with Crippen LogP contribution in [0.4, 0.5) is 0 Å². The van der Waals surface area contributed by atoms with Crippen molar-refractivity contribution in [2.75, 3.05) is 20.3 Å². The minimum absolute atomic E-state index is 0.164. The monoisotopic (exact) mass is 301 g/mol. The third kappa shape index (κ3) is 1.24.